The van der Waals surface area contributed by atoms with Crippen molar-refractivity contribution in [1.82, 2.24) is 4.90 Å². The zero-order valence-electron chi connectivity index (χ0n) is 21.8. The van der Waals surface area contributed by atoms with Gasteiger partial charge in [0.25, 0.3) is 0 Å². The molecule has 0 aliphatic carbocycles. The van der Waals surface area contributed by atoms with Crippen LogP contribution in [-0.2, 0) is 15.9 Å². The molecule has 0 saturated carbocycles. The maximum atomic E-state index is 13.4. The first-order valence-electron chi connectivity index (χ1n) is 12.1. The third-order valence-corrected chi connectivity index (χ3v) is 5.57. The smallest absolute Gasteiger partial charge is 0.229 e. The second-order valence-corrected chi connectivity index (χ2v) is 7.13. The number of thiophene rings is 1. The number of nitrogens with zero attached hydrogens (tertiary/aromatic N) is 2. The largest absolute Gasteiger partial charge is 0.358 e. The van der Waals surface area contributed by atoms with Crippen molar-refractivity contribution in [2.45, 2.75) is 38.2 Å². The molecule has 0 spiro atoms. The molecule has 0 radical (unpaired) electrons. The fraction of sp³-hybridized carbons (Fsp3) is 0.476. The van der Waals surface area contributed by atoms with E-state index >= 15 is 0 Å². The third-order valence-electron chi connectivity index (χ3n) is 4.75. The van der Waals surface area contributed by atoms with E-state index in [1.54, 1.807) is 36.4 Å². The number of ether oxygens (including phenoxy) is 1. The highest BCUT2D eigenvalue weighted by Gasteiger charge is 2.42. The van der Waals surface area contributed by atoms with E-state index in [1.807, 2.05) is 16.3 Å². The minimum atomic E-state index is -3.15. The molecule has 1 aromatic heterocycles. The molecule has 1 aliphatic heterocycles. The SMILES string of the molecule is [2H]C([2H])(CN1CCC(OC)(N(C(=O)C([2H])([2H])C([2H])([2H])[2H])c2ccccc2)CC1)c1cccs1. The standard InChI is InChI=1S/C21H28N2O2S/c1-3-20(24)23(18-8-5-4-6-9-18)21(25-2)12-15-22(16-13-21)14-11-19-10-7-17-26-19/h4-10,17H,3,11-16H2,1-2H3/i1D3,3D2,11D2. The first-order chi connectivity index (χ1) is 15.3. The van der Waals surface area contributed by atoms with Gasteiger partial charge in [-0.1, -0.05) is 31.1 Å². The highest BCUT2D eigenvalue weighted by atomic mass is 32.1. The minimum absolute atomic E-state index is 0.169. The lowest BCUT2D eigenvalue weighted by molar-refractivity contribution is -0.128. The first-order valence-corrected chi connectivity index (χ1v) is 9.43. The van der Waals surface area contributed by atoms with E-state index in [4.69, 9.17) is 14.3 Å². The van der Waals surface area contributed by atoms with Gasteiger partial charge >= 0.3 is 0 Å². The number of hydrogen-bond donors (Lipinski definition) is 0. The van der Waals surface area contributed by atoms with Crippen LogP contribution in [0.15, 0.2) is 47.8 Å². The second-order valence-electron chi connectivity index (χ2n) is 6.18. The summed E-state index contributed by atoms with van der Waals surface area (Å²) < 4.78 is 61.6. The zero-order chi connectivity index (χ0) is 24.5. The zero-order valence-corrected chi connectivity index (χ0v) is 15.6. The van der Waals surface area contributed by atoms with Crippen LogP contribution < -0.4 is 4.90 Å². The van der Waals surface area contributed by atoms with Crippen LogP contribution in [0.4, 0.5) is 5.69 Å². The van der Waals surface area contributed by atoms with Crippen LogP contribution in [0.25, 0.3) is 0 Å². The van der Waals surface area contributed by atoms with Crippen molar-refractivity contribution in [3.05, 3.63) is 52.7 Å². The molecule has 0 atom stereocenters. The van der Waals surface area contributed by atoms with E-state index in [1.165, 1.54) is 18.4 Å². The Morgan fingerprint density at radius 3 is 2.69 bits per heavy atom. The van der Waals surface area contributed by atoms with Gasteiger partial charge in [0.15, 0.2) is 0 Å². The Balaban J connectivity index is 1.88. The van der Waals surface area contributed by atoms with Crippen molar-refractivity contribution in [3.63, 3.8) is 0 Å². The average molecular weight is 380 g/mol. The number of anilines is 1. The van der Waals surface area contributed by atoms with E-state index in [0.29, 0.717) is 23.7 Å². The predicted octanol–water partition coefficient (Wildman–Crippen LogP) is 4.17. The Morgan fingerprint density at radius 1 is 1.31 bits per heavy atom. The fourth-order valence-electron chi connectivity index (χ4n) is 3.32. The van der Waals surface area contributed by atoms with Crippen LogP contribution in [0.5, 0.6) is 0 Å². The summed E-state index contributed by atoms with van der Waals surface area (Å²) in [7, 11) is 1.43. The fourth-order valence-corrected chi connectivity index (χ4v) is 3.93. The number of carbonyl (C=O) groups excluding carboxylic acids is 1. The summed E-state index contributed by atoms with van der Waals surface area (Å²) in [6, 6.07) is 11.9. The average Bonchev–Trinajstić information content (AvgIpc) is 3.31. The van der Waals surface area contributed by atoms with Crippen molar-refractivity contribution in [2.24, 2.45) is 0 Å². The number of para-hydroxylation sites is 1. The highest BCUT2D eigenvalue weighted by molar-refractivity contribution is 7.09. The summed E-state index contributed by atoms with van der Waals surface area (Å²) in [6.07, 6.45) is -4.11. The van der Waals surface area contributed by atoms with E-state index < -0.39 is 31.2 Å². The van der Waals surface area contributed by atoms with Gasteiger partial charge in [-0.2, -0.15) is 0 Å². The molecule has 2 aromatic rings. The number of piperidine rings is 1. The van der Waals surface area contributed by atoms with E-state index in [2.05, 4.69) is 0 Å². The molecule has 1 amide bonds. The summed E-state index contributed by atoms with van der Waals surface area (Å²) in [5, 5.41) is 1.83. The van der Waals surface area contributed by atoms with Crippen LogP contribution >= 0.6 is 11.3 Å². The van der Waals surface area contributed by atoms with Gasteiger partial charge in [0, 0.05) is 66.1 Å². The lowest BCUT2D eigenvalue weighted by atomic mass is 9.96. The summed E-state index contributed by atoms with van der Waals surface area (Å²) in [6.45, 7) is -2.19. The van der Waals surface area contributed by atoms with Crippen LogP contribution in [-0.4, -0.2) is 43.3 Å². The van der Waals surface area contributed by atoms with Gasteiger partial charge in [-0.05, 0) is 30.0 Å². The molecule has 4 nitrogen and oxygen atoms in total. The molecule has 1 fully saturated rings. The molecule has 0 bridgehead atoms. The van der Waals surface area contributed by atoms with Gasteiger partial charge < -0.3 is 9.64 Å². The van der Waals surface area contributed by atoms with Gasteiger partial charge in [-0.25, -0.2) is 0 Å². The number of carbonyl (C=O) groups is 1. The lowest BCUT2D eigenvalue weighted by Gasteiger charge is -2.47. The normalized spacial score (nSPS) is 22.7. The van der Waals surface area contributed by atoms with Crippen molar-refractivity contribution >= 4 is 22.9 Å². The van der Waals surface area contributed by atoms with Gasteiger partial charge in [-0.3, -0.25) is 9.69 Å². The molecule has 0 N–H and O–H groups in total. The van der Waals surface area contributed by atoms with Crippen LogP contribution in [0, 0.1) is 0 Å². The second kappa shape index (κ2) is 8.80. The molecule has 1 aliphatic rings. The van der Waals surface area contributed by atoms with E-state index in [-0.39, 0.29) is 19.4 Å². The van der Waals surface area contributed by atoms with Gasteiger partial charge in [0.1, 0.15) is 5.72 Å². The highest BCUT2D eigenvalue weighted by Crippen LogP contribution is 2.34. The van der Waals surface area contributed by atoms with Gasteiger partial charge in [0.2, 0.25) is 5.91 Å². The molecule has 1 aromatic carbocycles. The van der Waals surface area contributed by atoms with Crippen LogP contribution in [0.3, 0.4) is 0 Å². The molecule has 5 heteroatoms. The summed E-state index contributed by atoms with van der Waals surface area (Å²) in [4.78, 5) is 17.1. The maximum absolute atomic E-state index is 13.4. The number of hydrogen-bond acceptors (Lipinski definition) is 4. The van der Waals surface area contributed by atoms with E-state index in [9.17, 15) is 4.79 Å². The van der Waals surface area contributed by atoms with E-state index in [0.717, 1.165) is 4.90 Å². The molecule has 2 heterocycles. The van der Waals surface area contributed by atoms with Crippen molar-refractivity contribution in [1.29, 1.82) is 0 Å². The summed E-state index contributed by atoms with van der Waals surface area (Å²) in [5.74, 6) is -1.18. The molecule has 3 rings (SSSR count). The monoisotopic (exact) mass is 379 g/mol. The maximum Gasteiger partial charge on any atom is 0.229 e. The molecular formula is C21H28N2O2S. The quantitative estimate of drug-likeness (QED) is 0.677. The molecule has 0 unspecified atom stereocenters. The number of likely N-dealkylation sites (tertiary alicyclic amines) is 1. The Labute approximate surface area is 170 Å². The summed E-state index contributed by atoms with van der Waals surface area (Å²) in [5.41, 5.74) is -0.914. The third kappa shape index (κ3) is 4.17. The van der Waals surface area contributed by atoms with Crippen molar-refractivity contribution in [3.8, 4) is 0 Å². The molecule has 1 saturated heterocycles. The van der Waals surface area contributed by atoms with Gasteiger partial charge in [0.05, 0.1) is 0 Å². The van der Waals surface area contributed by atoms with Crippen LogP contribution in [0.1, 0.15) is 40.5 Å². The Kier molecular flexibility index (Phi) is 4.03. The molecular weight excluding hydrogens is 344 g/mol. The Hall–Kier alpha value is -1.69. The minimum Gasteiger partial charge on any atom is -0.358 e. The lowest BCUT2D eigenvalue weighted by Crippen LogP contribution is -2.59. The first kappa shape index (κ1) is 11.9. The number of amides is 1. The van der Waals surface area contributed by atoms with Crippen molar-refractivity contribution in [2.75, 3.05) is 31.6 Å². The molecule has 140 valence electrons. The topological polar surface area (TPSA) is 32.8 Å². The van der Waals surface area contributed by atoms with Gasteiger partial charge in [-0.15, -0.1) is 11.3 Å². The number of rotatable bonds is 7. The Bertz CT molecular complexity index is 928. The number of methoxy groups -OCH3 is 1. The molecule has 26 heavy (non-hydrogen) atoms. The van der Waals surface area contributed by atoms with Crippen molar-refractivity contribution < 1.29 is 19.1 Å². The Morgan fingerprint density at radius 2 is 2.08 bits per heavy atom. The summed E-state index contributed by atoms with van der Waals surface area (Å²) >= 11 is 1.36. The predicted molar refractivity (Wildman–Crippen MR) is 108 cm³/mol. The number of benzene rings is 1. The van der Waals surface area contributed by atoms with Crippen LogP contribution in [0.2, 0.25) is 0 Å².